The van der Waals surface area contributed by atoms with Gasteiger partial charge >= 0.3 is 0 Å². The van der Waals surface area contributed by atoms with E-state index < -0.39 is 0 Å². The van der Waals surface area contributed by atoms with Gasteiger partial charge in [0, 0.05) is 28.6 Å². The maximum absolute atomic E-state index is 13.2. The van der Waals surface area contributed by atoms with Crippen LogP contribution in [0.2, 0.25) is 5.02 Å². The van der Waals surface area contributed by atoms with Crippen LogP contribution in [-0.4, -0.2) is 9.97 Å². The molecule has 4 aromatic rings. The van der Waals surface area contributed by atoms with Gasteiger partial charge in [-0.2, -0.15) is 0 Å². The van der Waals surface area contributed by atoms with Crippen molar-refractivity contribution in [3.63, 3.8) is 0 Å². The van der Waals surface area contributed by atoms with Crippen LogP contribution in [0.5, 0.6) is 0 Å². The van der Waals surface area contributed by atoms with Crippen molar-refractivity contribution in [1.82, 2.24) is 9.97 Å². The Morgan fingerprint density at radius 3 is 2.25 bits per heavy atom. The third-order valence-corrected chi connectivity index (χ3v) is 4.90. The Balaban J connectivity index is 1.70. The standard InChI is InChI=1S/C23H19ClFN3/c24-18-10-6-17(7-11-18)23-22(16-4-2-1-3-5-16)27-21(28-23)14-20(26)15-8-12-19(25)13-9-15/h1-13,20H,14,26H2,(H,27,28)/t20-/m0/s1. The highest BCUT2D eigenvalue weighted by Gasteiger charge is 2.16. The Kier molecular flexibility index (Phi) is 5.24. The Labute approximate surface area is 168 Å². The molecule has 140 valence electrons. The first-order chi connectivity index (χ1) is 13.6. The van der Waals surface area contributed by atoms with Gasteiger partial charge in [-0.25, -0.2) is 9.37 Å². The van der Waals surface area contributed by atoms with Crippen LogP contribution in [0.3, 0.4) is 0 Å². The molecular weight excluding hydrogens is 373 g/mol. The van der Waals surface area contributed by atoms with Crippen LogP contribution in [-0.2, 0) is 6.42 Å². The summed E-state index contributed by atoms with van der Waals surface area (Å²) in [6.45, 7) is 0. The van der Waals surface area contributed by atoms with E-state index in [2.05, 4.69) is 4.98 Å². The third kappa shape index (κ3) is 3.98. The first-order valence-electron chi connectivity index (χ1n) is 9.01. The Bertz CT molecular complexity index is 1060. The quantitative estimate of drug-likeness (QED) is 0.453. The second kappa shape index (κ2) is 7.97. The summed E-state index contributed by atoms with van der Waals surface area (Å²) in [5.74, 6) is 0.506. The van der Waals surface area contributed by atoms with Crippen molar-refractivity contribution in [1.29, 1.82) is 0 Å². The number of nitrogens with one attached hydrogen (secondary N) is 1. The molecule has 0 fully saturated rings. The summed E-state index contributed by atoms with van der Waals surface area (Å²) >= 11 is 6.04. The number of hydrogen-bond donors (Lipinski definition) is 2. The highest BCUT2D eigenvalue weighted by molar-refractivity contribution is 6.30. The number of aromatic nitrogens is 2. The van der Waals surface area contributed by atoms with E-state index in [9.17, 15) is 4.39 Å². The summed E-state index contributed by atoms with van der Waals surface area (Å²) in [5, 5.41) is 0.683. The van der Waals surface area contributed by atoms with Crippen LogP contribution in [0.4, 0.5) is 4.39 Å². The van der Waals surface area contributed by atoms with Crippen LogP contribution < -0.4 is 5.73 Å². The zero-order valence-corrected chi connectivity index (χ0v) is 15.8. The maximum atomic E-state index is 13.2. The molecular formula is C23H19ClFN3. The average molecular weight is 392 g/mol. The molecule has 0 radical (unpaired) electrons. The van der Waals surface area contributed by atoms with Crippen molar-refractivity contribution in [3.05, 3.63) is 101 Å². The number of aromatic amines is 1. The number of hydrogen-bond acceptors (Lipinski definition) is 2. The topological polar surface area (TPSA) is 54.7 Å². The van der Waals surface area contributed by atoms with Crippen molar-refractivity contribution in [2.75, 3.05) is 0 Å². The first-order valence-corrected chi connectivity index (χ1v) is 9.39. The summed E-state index contributed by atoms with van der Waals surface area (Å²) in [6, 6.07) is 23.6. The lowest BCUT2D eigenvalue weighted by atomic mass is 10.0. The van der Waals surface area contributed by atoms with Crippen LogP contribution in [0.25, 0.3) is 22.5 Å². The number of halogens is 2. The monoisotopic (exact) mass is 391 g/mol. The van der Waals surface area contributed by atoms with Crippen molar-refractivity contribution in [2.24, 2.45) is 5.73 Å². The molecule has 0 amide bonds. The summed E-state index contributed by atoms with van der Waals surface area (Å²) < 4.78 is 13.2. The highest BCUT2D eigenvalue weighted by atomic mass is 35.5. The molecule has 0 aliphatic heterocycles. The molecule has 1 aromatic heterocycles. The van der Waals surface area contributed by atoms with Gasteiger partial charge in [0.1, 0.15) is 11.6 Å². The fraction of sp³-hybridized carbons (Fsp3) is 0.0870. The predicted octanol–water partition coefficient (Wildman–Crippen LogP) is 5.78. The van der Waals surface area contributed by atoms with E-state index in [-0.39, 0.29) is 11.9 Å². The Hall–Kier alpha value is -2.95. The largest absolute Gasteiger partial charge is 0.341 e. The normalized spacial score (nSPS) is 12.1. The van der Waals surface area contributed by atoms with Gasteiger partial charge in [-0.3, -0.25) is 0 Å². The number of imidazole rings is 1. The number of H-pyrrole nitrogens is 1. The van der Waals surface area contributed by atoms with Gasteiger partial charge < -0.3 is 10.7 Å². The van der Waals surface area contributed by atoms with Gasteiger partial charge in [-0.1, -0.05) is 66.2 Å². The molecule has 3 aromatic carbocycles. The van der Waals surface area contributed by atoms with Gasteiger partial charge in [0.15, 0.2) is 0 Å². The van der Waals surface area contributed by atoms with E-state index in [1.54, 1.807) is 12.1 Å². The molecule has 3 nitrogen and oxygen atoms in total. The highest BCUT2D eigenvalue weighted by Crippen LogP contribution is 2.31. The van der Waals surface area contributed by atoms with Gasteiger partial charge in [0.2, 0.25) is 0 Å². The van der Waals surface area contributed by atoms with Crippen LogP contribution in [0.15, 0.2) is 78.9 Å². The van der Waals surface area contributed by atoms with E-state index in [1.807, 2.05) is 54.6 Å². The molecule has 0 aliphatic rings. The zero-order valence-electron chi connectivity index (χ0n) is 15.1. The first kappa shape index (κ1) is 18.4. The predicted molar refractivity (Wildman–Crippen MR) is 112 cm³/mol. The molecule has 0 saturated carbocycles. The Morgan fingerprint density at radius 1 is 0.893 bits per heavy atom. The van der Waals surface area contributed by atoms with Gasteiger partial charge in [0.05, 0.1) is 11.4 Å². The van der Waals surface area contributed by atoms with E-state index in [0.29, 0.717) is 11.4 Å². The number of nitrogens with zero attached hydrogens (tertiary/aromatic N) is 1. The van der Waals surface area contributed by atoms with Crippen molar-refractivity contribution >= 4 is 11.6 Å². The lowest BCUT2D eigenvalue weighted by Gasteiger charge is -2.10. The molecule has 1 atom stereocenters. The second-order valence-electron chi connectivity index (χ2n) is 6.64. The fourth-order valence-electron chi connectivity index (χ4n) is 3.19. The lowest BCUT2D eigenvalue weighted by molar-refractivity contribution is 0.623. The van der Waals surface area contributed by atoms with Crippen LogP contribution >= 0.6 is 11.6 Å². The second-order valence-corrected chi connectivity index (χ2v) is 7.08. The minimum atomic E-state index is -0.284. The molecule has 0 unspecified atom stereocenters. The number of benzene rings is 3. The zero-order chi connectivity index (χ0) is 19.5. The van der Waals surface area contributed by atoms with E-state index in [1.165, 1.54) is 12.1 Å². The summed E-state index contributed by atoms with van der Waals surface area (Å²) in [6.07, 6.45) is 0.513. The molecule has 4 rings (SSSR count). The third-order valence-electron chi connectivity index (χ3n) is 4.64. The SMILES string of the molecule is N[C@@H](Cc1nc(-c2ccccc2)c(-c2ccc(Cl)cc2)[nH]1)c1ccc(F)cc1. The molecule has 28 heavy (non-hydrogen) atoms. The van der Waals surface area contributed by atoms with E-state index >= 15 is 0 Å². The smallest absolute Gasteiger partial charge is 0.123 e. The van der Waals surface area contributed by atoms with Crippen molar-refractivity contribution < 1.29 is 4.39 Å². The minimum absolute atomic E-state index is 0.273. The summed E-state index contributed by atoms with van der Waals surface area (Å²) in [4.78, 5) is 8.24. The summed E-state index contributed by atoms with van der Waals surface area (Å²) in [5.41, 5.74) is 11.0. The van der Waals surface area contributed by atoms with Crippen LogP contribution in [0.1, 0.15) is 17.4 Å². The molecule has 1 heterocycles. The van der Waals surface area contributed by atoms with Crippen molar-refractivity contribution in [2.45, 2.75) is 12.5 Å². The van der Waals surface area contributed by atoms with E-state index in [4.69, 9.17) is 22.3 Å². The molecule has 0 spiro atoms. The fourth-order valence-corrected chi connectivity index (χ4v) is 3.31. The van der Waals surface area contributed by atoms with Gasteiger partial charge in [-0.05, 0) is 29.8 Å². The minimum Gasteiger partial charge on any atom is -0.341 e. The maximum Gasteiger partial charge on any atom is 0.123 e. The van der Waals surface area contributed by atoms with Crippen LogP contribution in [0, 0.1) is 5.82 Å². The summed E-state index contributed by atoms with van der Waals surface area (Å²) in [7, 11) is 0. The van der Waals surface area contributed by atoms with Gasteiger partial charge in [-0.15, -0.1) is 0 Å². The Morgan fingerprint density at radius 2 is 1.57 bits per heavy atom. The molecule has 0 aliphatic carbocycles. The molecule has 3 N–H and O–H groups in total. The molecule has 5 heteroatoms. The van der Waals surface area contributed by atoms with Gasteiger partial charge in [0.25, 0.3) is 0 Å². The number of nitrogens with two attached hydrogens (primary N) is 1. The molecule has 0 saturated heterocycles. The average Bonchev–Trinajstić information content (AvgIpc) is 3.13. The molecule has 0 bridgehead atoms. The van der Waals surface area contributed by atoms with E-state index in [0.717, 1.165) is 33.9 Å². The number of rotatable bonds is 5. The lowest BCUT2D eigenvalue weighted by Crippen LogP contribution is -2.14. The van der Waals surface area contributed by atoms with Crippen molar-refractivity contribution in [3.8, 4) is 22.5 Å².